The van der Waals surface area contributed by atoms with Crippen molar-refractivity contribution >= 4 is 18.0 Å². The molecule has 2 aromatic carbocycles. The summed E-state index contributed by atoms with van der Waals surface area (Å²) in [6.07, 6.45) is 3.52. The Kier molecular flexibility index (Phi) is 7.27. The van der Waals surface area contributed by atoms with E-state index in [0.29, 0.717) is 12.8 Å². The molecule has 0 aliphatic heterocycles. The van der Waals surface area contributed by atoms with E-state index in [1.165, 1.54) is 7.11 Å². The van der Waals surface area contributed by atoms with Gasteiger partial charge < -0.3 is 25.2 Å². The normalized spacial score (nSPS) is 19.6. The first kappa shape index (κ1) is 23.5. The topological polar surface area (TPSA) is 114 Å². The molecule has 2 aliphatic carbocycles. The number of carbonyl (C=O) groups is 3. The first-order chi connectivity index (χ1) is 16.5. The van der Waals surface area contributed by atoms with Gasteiger partial charge in [-0.25, -0.2) is 4.79 Å². The van der Waals surface area contributed by atoms with Crippen molar-refractivity contribution in [3.8, 4) is 11.1 Å². The lowest BCUT2D eigenvalue weighted by atomic mass is 9.91. The molecule has 0 radical (unpaired) electrons. The highest BCUT2D eigenvalue weighted by molar-refractivity contribution is 5.86. The number of hydrogen-bond donors (Lipinski definition) is 3. The van der Waals surface area contributed by atoms with E-state index < -0.39 is 36.0 Å². The monoisotopic (exact) mass is 464 g/mol. The fraction of sp³-hybridized carbons (Fsp3) is 0.346. The summed E-state index contributed by atoms with van der Waals surface area (Å²) in [5, 5.41) is 14.6. The van der Waals surface area contributed by atoms with Gasteiger partial charge in [0.2, 0.25) is 5.91 Å². The quantitative estimate of drug-likeness (QED) is 0.518. The second kappa shape index (κ2) is 10.5. The van der Waals surface area contributed by atoms with Crippen molar-refractivity contribution in [2.45, 2.75) is 30.8 Å². The molecule has 0 heterocycles. The maximum absolute atomic E-state index is 12.8. The van der Waals surface area contributed by atoms with Crippen molar-refractivity contribution < 1.29 is 29.0 Å². The van der Waals surface area contributed by atoms with Crippen LogP contribution >= 0.6 is 0 Å². The van der Waals surface area contributed by atoms with Crippen molar-refractivity contribution in [2.75, 3.05) is 20.3 Å². The number of carboxylic acids is 1. The molecule has 0 fully saturated rings. The summed E-state index contributed by atoms with van der Waals surface area (Å²) in [6, 6.07) is 14.7. The number of amides is 2. The van der Waals surface area contributed by atoms with E-state index in [2.05, 4.69) is 22.8 Å². The molecule has 2 amide bonds. The molecule has 2 aliphatic rings. The zero-order valence-electron chi connectivity index (χ0n) is 18.9. The number of allylic oxidation sites excluding steroid dienone is 1. The summed E-state index contributed by atoms with van der Waals surface area (Å²) in [6.45, 7) is 0.0850. The standard InChI is InChI=1S/C26H28N2O6/c1-33-15-23(24(29)27-17-8-6-7-16(13-17)25(30)31)28-26(32)34-14-22-20-11-4-2-9-18(20)19-10-3-5-12-21(19)22/h2-6,8-12,16-17,22-23H,7,13-15H2,1H3,(H,27,29)(H,28,32)(H,30,31)/t16?,17?,23-/m0/s1. The fourth-order valence-electron chi connectivity index (χ4n) is 4.61. The third kappa shape index (κ3) is 5.12. The predicted octanol–water partition coefficient (Wildman–Crippen LogP) is 3.08. The highest BCUT2D eigenvalue weighted by atomic mass is 16.5. The van der Waals surface area contributed by atoms with Crippen LogP contribution in [0.25, 0.3) is 11.1 Å². The van der Waals surface area contributed by atoms with E-state index in [0.717, 1.165) is 22.3 Å². The van der Waals surface area contributed by atoms with E-state index >= 15 is 0 Å². The van der Waals surface area contributed by atoms with Crippen LogP contribution in [-0.4, -0.2) is 55.5 Å². The Balaban J connectivity index is 1.36. The van der Waals surface area contributed by atoms with E-state index in [1.807, 2.05) is 36.4 Å². The first-order valence-electron chi connectivity index (χ1n) is 11.3. The number of rotatable bonds is 8. The maximum atomic E-state index is 12.8. The van der Waals surface area contributed by atoms with Crippen LogP contribution in [0, 0.1) is 5.92 Å². The molecule has 3 atom stereocenters. The zero-order valence-corrected chi connectivity index (χ0v) is 18.9. The van der Waals surface area contributed by atoms with Gasteiger partial charge in [-0.3, -0.25) is 9.59 Å². The summed E-state index contributed by atoms with van der Waals surface area (Å²) < 4.78 is 10.6. The van der Waals surface area contributed by atoms with Crippen LogP contribution in [0.3, 0.4) is 0 Å². The van der Waals surface area contributed by atoms with E-state index in [4.69, 9.17) is 9.47 Å². The van der Waals surface area contributed by atoms with E-state index in [-0.39, 0.29) is 19.1 Å². The molecule has 0 bridgehead atoms. The molecule has 2 unspecified atom stereocenters. The lowest BCUT2D eigenvalue weighted by molar-refractivity contribution is -0.142. The Bertz CT molecular complexity index is 1050. The number of aliphatic carboxylic acids is 1. The van der Waals surface area contributed by atoms with Gasteiger partial charge in [-0.1, -0.05) is 60.7 Å². The van der Waals surface area contributed by atoms with Crippen LogP contribution in [0.1, 0.15) is 29.9 Å². The van der Waals surface area contributed by atoms with Crippen molar-refractivity contribution in [3.63, 3.8) is 0 Å². The van der Waals surface area contributed by atoms with Gasteiger partial charge in [0.05, 0.1) is 12.5 Å². The van der Waals surface area contributed by atoms with Crippen LogP contribution in [-0.2, 0) is 19.1 Å². The average Bonchev–Trinajstić information content (AvgIpc) is 3.16. The molecule has 0 spiro atoms. The third-order valence-electron chi connectivity index (χ3n) is 6.29. The SMILES string of the molecule is COC[C@H](NC(=O)OCC1c2ccccc2-c2ccccc21)C(=O)NC1C=CCC(C(=O)O)C1. The Labute approximate surface area is 198 Å². The van der Waals surface area contributed by atoms with E-state index in [1.54, 1.807) is 12.2 Å². The van der Waals surface area contributed by atoms with Crippen molar-refractivity contribution in [3.05, 3.63) is 71.8 Å². The highest BCUT2D eigenvalue weighted by Crippen LogP contribution is 2.44. The number of hydrogen-bond acceptors (Lipinski definition) is 5. The summed E-state index contributed by atoms with van der Waals surface area (Å²) >= 11 is 0. The number of fused-ring (bicyclic) bond motifs is 3. The molecular weight excluding hydrogens is 436 g/mol. The minimum atomic E-state index is -0.973. The number of ether oxygens (including phenoxy) is 2. The van der Waals surface area contributed by atoms with E-state index in [9.17, 15) is 19.5 Å². The second-order valence-electron chi connectivity index (χ2n) is 8.53. The highest BCUT2D eigenvalue weighted by Gasteiger charge is 2.31. The molecular formula is C26H28N2O6. The molecule has 4 rings (SSSR count). The molecule has 34 heavy (non-hydrogen) atoms. The van der Waals surface area contributed by atoms with Gasteiger partial charge >= 0.3 is 12.1 Å². The molecule has 0 saturated heterocycles. The van der Waals surface area contributed by atoms with Crippen LogP contribution < -0.4 is 10.6 Å². The maximum Gasteiger partial charge on any atom is 0.407 e. The summed E-state index contributed by atoms with van der Waals surface area (Å²) in [5.74, 6) is -2.00. The summed E-state index contributed by atoms with van der Waals surface area (Å²) in [4.78, 5) is 36.6. The molecule has 8 heteroatoms. The summed E-state index contributed by atoms with van der Waals surface area (Å²) in [5.41, 5.74) is 4.45. The van der Waals surface area contributed by atoms with Gasteiger partial charge in [0.25, 0.3) is 0 Å². The van der Waals surface area contributed by atoms with Gasteiger partial charge in [0, 0.05) is 19.1 Å². The van der Waals surface area contributed by atoms with Crippen molar-refractivity contribution in [1.82, 2.24) is 10.6 Å². The Morgan fingerprint density at radius 1 is 1.06 bits per heavy atom. The number of nitrogens with one attached hydrogen (secondary N) is 2. The zero-order chi connectivity index (χ0) is 24.1. The Morgan fingerprint density at radius 2 is 1.71 bits per heavy atom. The van der Waals surface area contributed by atoms with Gasteiger partial charge in [-0.05, 0) is 35.1 Å². The Morgan fingerprint density at radius 3 is 2.32 bits per heavy atom. The lowest BCUT2D eigenvalue weighted by Crippen LogP contribution is -2.52. The van der Waals surface area contributed by atoms with Gasteiger partial charge in [-0.2, -0.15) is 0 Å². The molecule has 3 N–H and O–H groups in total. The molecule has 2 aromatic rings. The first-order valence-corrected chi connectivity index (χ1v) is 11.3. The second-order valence-corrected chi connectivity index (χ2v) is 8.53. The van der Waals surface area contributed by atoms with Crippen molar-refractivity contribution in [1.29, 1.82) is 0 Å². The minimum absolute atomic E-state index is 0.0468. The Hall–Kier alpha value is -3.65. The third-order valence-corrected chi connectivity index (χ3v) is 6.29. The average molecular weight is 465 g/mol. The summed E-state index contributed by atoms with van der Waals surface area (Å²) in [7, 11) is 1.43. The van der Waals surface area contributed by atoms with Crippen LogP contribution in [0.5, 0.6) is 0 Å². The molecule has 178 valence electrons. The fourth-order valence-corrected chi connectivity index (χ4v) is 4.61. The number of carbonyl (C=O) groups excluding carboxylic acids is 2. The van der Waals surface area contributed by atoms with Crippen LogP contribution in [0.2, 0.25) is 0 Å². The minimum Gasteiger partial charge on any atom is -0.481 e. The number of methoxy groups -OCH3 is 1. The molecule has 8 nitrogen and oxygen atoms in total. The number of benzene rings is 2. The smallest absolute Gasteiger partial charge is 0.407 e. The van der Waals surface area contributed by atoms with Gasteiger partial charge in [-0.15, -0.1) is 0 Å². The predicted molar refractivity (Wildman–Crippen MR) is 125 cm³/mol. The number of alkyl carbamates (subject to hydrolysis) is 1. The molecule has 0 saturated carbocycles. The largest absolute Gasteiger partial charge is 0.481 e. The number of carboxylic acid groups (broad SMARTS) is 1. The van der Waals surface area contributed by atoms with Gasteiger partial charge in [0.15, 0.2) is 0 Å². The van der Waals surface area contributed by atoms with Gasteiger partial charge in [0.1, 0.15) is 12.6 Å². The van der Waals surface area contributed by atoms with Crippen LogP contribution in [0.4, 0.5) is 4.79 Å². The van der Waals surface area contributed by atoms with Crippen molar-refractivity contribution in [2.24, 2.45) is 5.92 Å². The lowest BCUT2D eigenvalue weighted by Gasteiger charge is -2.25. The molecule has 0 aromatic heterocycles. The van der Waals surface area contributed by atoms with Crippen LogP contribution in [0.15, 0.2) is 60.7 Å².